The van der Waals surface area contributed by atoms with Crippen LogP contribution in [-0.2, 0) is 0 Å². The average Bonchev–Trinajstić information content (AvgIpc) is 2.45. The molecule has 0 aliphatic carbocycles. The van der Waals surface area contributed by atoms with Gasteiger partial charge in [0.2, 0.25) is 0 Å². The molecule has 21 heavy (non-hydrogen) atoms. The number of nitro benzene ring substituents is 1. The molecule has 0 saturated carbocycles. The van der Waals surface area contributed by atoms with Crippen LogP contribution in [0.3, 0.4) is 0 Å². The van der Waals surface area contributed by atoms with E-state index < -0.39 is 4.92 Å². The fourth-order valence-corrected chi connectivity index (χ4v) is 2.02. The van der Waals surface area contributed by atoms with E-state index in [2.05, 4.69) is 5.32 Å². The largest absolute Gasteiger partial charge is 0.492 e. The van der Waals surface area contributed by atoms with Crippen molar-refractivity contribution in [3.8, 4) is 5.75 Å². The second-order valence-corrected chi connectivity index (χ2v) is 4.85. The van der Waals surface area contributed by atoms with Crippen LogP contribution in [0.15, 0.2) is 42.5 Å². The lowest BCUT2D eigenvalue weighted by Gasteiger charge is -2.11. The Labute approximate surface area is 123 Å². The summed E-state index contributed by atoms with van der Waals surface area (Å²) in [5.41, 5.74) is 2.99. The van der Waals surface area contributed by atoms with Gasteiger partial charge in [-0.15, -0.1) is 0 Å². The number of rotatable bonds is 6. The van der Waals surface area contributed by atoms with Crippen molar-refractivity contribution in [3.05, 3.63) is 63.7 Å². The van der Waals surface area contributed by atoms with E-state index in [0.717, 1.165) is 22.6 Å². The molecule has 110 valence electrons. The Bertz CT molecular complexity index is 641. The molecule has 0 aromatic heterocycles. The fraction of sp³-hybridized carbons (Fsp3) is 0.250. The molecule has 0 aliphatic heterocycles. The molecule has 0 heterocycles. The summed E-state index contributed by atoms with van der Waals surface area (Å²) in [5.74, 6) is 0.845. The number of aryl methyl sites for hydroxylation is 2. The number of nitrogens with one attached hydrogen (secondary N) is 1. The molecule has 0 bridgehead atoms. The minimum absolute atomic E-state index is 0.106. The van der Waals surface area contributed by atoms with Crippen LogP contribution >= 0.6 is 0 Å². The van der Waals surface area contributed by atoms with Crippen molar-refractivity contribution in [2.45, 2.75) is 13.8 Å². The number of benzene rings is 2. The van der Waals surface area contributed by atoms with Crippen LogP contribution in [0.1, 0.15) is 11.1 Å². The summed E-state index contributed by atoms with van der Waals surface area (Å²) in [6.45, 7) is 5.02. The van der Waals surface area contributed by atoms with Crippen molar-refractivity contribution in [2.75, 3.05) is 18.5 Å². The van der Waals surface area contributed by atoms with Gasteiger partial charge in [0.05, 0.1) is 4.92 Å². The molecular weight excluding hydrogens is 268 g/mol. The van der Waals surface area contributed by atoms with Crippen LogP contribution in [0.4, 0.5) is 11.4 Å². The van der Waals surface area contributed by atoms with Crippen molar-refractivity contribution in [1.29, 1.82) is 0 Å². The van der Waals surface area contributed by atoms with Gasteiger partial charge in [0.1, 0.15) is 12.4 Å². The first-order chi connectivity index (χ1) is 10.1. The van der Waals surface area contributed by atoms with Crippen LogP contribution in [0.2, 0.25) is 0 Å². The van der Waals surface area contributed by atoms with E-state index in [-0.39, 0.29) is 5.69 Å². The molecule has 5 heteroatoms. The monoisotopic (exact) mass is 286 g/mol. The van der Waals surface area contributed by atoms with Gasteiger partial charge >= 0.3 is 0 Å². The van der Waals surface area contributed by atoms with Gasteiger partial charge in [0.15, 0.2) is 0 Å². The van der Waals surface area contributed by atoms with Gasteiger partial charge in [0.25, 0.3) is 5.69 Å². The average molecular weight is 286 g/mol. The topological polar surface area (TPSA) is 64.4 Å². The lowest BCUT2D eigenvalue weighted by molar-refractivity contribution is -0.384. The first-order valence-corrected chi connectivity index (χ1v) is 6.74. The highest BCUT2D eigenvalue weighted by atomic mass is 16.6. The maximum absolute atomic E-state index is 10.7. The van der Waals surface area contributed by atoms with E-state index in [4.69, 9.17) is 4.74 Å². The predicted octanol–water partition coefficient (Wildman–Crippen LogP) is 3.70. The normalized spacial score (nSPS) is 10.2. The standard InChI is InChI=1S/C16H18N2O3/c1-12-4-3-5-15(10-12)21-9-8-17-16-7-6-14(18(19)20)11-13(16)2/h3-7,10-11,17H,8-9H2,1-2H3. The third-order valence-electron chi connectivity index (χ3n) is 3.10. The van der Waals surface area contributed by atoms with Gasteiger partial charge in [-0.2, -0.15) is 0 Å². The zero-order valence-electron chi connectivity index (χ0n) is 12.1. The smallest absolute Gasteiger partial charge is 0.269 e. The van der Waals surface area contributed by atoms with Crippen LogP contribution in [0.25, 0.3) is 0 Å². The van der Waals surface area contributed by atoms with Gasteiger partial charge in [-0.1, -0.05) is 12.1 Å². The Hall–Kier alpha value is -2.56. The van der Waals surface area contributed by atoms with Gasteiger partial charge in [-0.25, -0.2) is 0 Å². The number of hydrogen-bond acceptors (Lipinski definition) is 4. The number of non-ortho nitro benzene ring substituents is 1. The SMILES string of the molecule is Cc1cccc(OCCNc2ccc([N+](=O)[O-])cc2C)c1. The van der Waals surface area contributed by atoms with Crippen molar-refractivity contribution in [1.82, 2.24) is 0 Å². The molecule has 0 unspecified atom stereocenters. The number of hydrogen-bond donors (Lipinski definition) is 1. The molecule has 2 aromatic carbocycles. The van der Waals surface area contributed by atoms with Crippen LogP contribution in [0.5, 0.6) is 5.75 Å². The Morgan fingerprint density at radius 3 is 2.67 bits per heavy atom. The molecule has 0 amide bonds. The first kappa shape index (κ1) is 14.8. The van der Waals surface area contributed by atoms with Crippen molar-refractivity contribution >= 4 is 11.4 Å². The van der Waals surface area contributed by atoms with Crippen molar-refractivity contribution < 1.29 is 9.66 Å². The third-order valence-corrected chi connectivity index (χ3v) is 3.10. The molecule has 0 spiro atoms. The van der Waals surface area contributed by atoms with Gasteiger partial charge in [0, 0.05) is 24.4 Å². The molecule has 0 atom stereocenters. The van der Waals surface area contributed by atoms with E-state index in [0.29, 0.717) is 13.2 Å². The number of nitrogens with zero attached hydrogens (tertiary/aromatic N) is 1. The second-order valence-electron chi connectivity index (χ2n) is 4.85. The van der Waals surface area contributed by atoms with Crippen LogP contribution < -0.4 is 10.1 Å². The molecule has 0 fully saturated rings. The van der Waals surface area contributed by atoms with Crippen LogP contribution in [0, 0.1) is 24.0 Å². The highest BCUT2D eigenvalue weighted by Crippen LogP contribution is 2.21. The van der Waals surface area contributed by atoms with Gasteiger partial charge in [-0.3, -0.25) is 10.1 Å². The van der Waals surface area contributed by atoms with Crippen LogP contribution in [-0.4, -0.2) is 18.1 Å². The van der Waals surface area contributed by atoms with E-state index in [1.165, 1.54) is 6.07 Å². The molecular formula is C16H18N2O3. The summed E-state index contributed by atoms with van der Waals surface area (Å²) in [5, 5.41) is 13.9. The van der Waals surface area contributed by atoms with E-state index >= 15 is 0 Å². The number of anilines is 1. The molecule has 5 nitrogen and oxygen atoms in total. The Morgan fingerprint density at radius 1 is 1.19 bits per heavy atom. The van der Waals surface area contributed by atoms with E-state index in [1.807, 2.05) is 38.1 Å². The summed E-state index contributed by atoms with van der Waals surface area (Å²) >= 11 is 0. The van der Waals surface area contributed by atoms with Gasteiger partial charge < -0.3 is 10.1 Å². The second kappa shape index (κ2) is 6.74. The number of nitro groups is 1. The Balaban J connectivity index is 1.85. The predicted molar refractivity (Wildman–Crippen MR) is 83.0 cm³/mol. The molecule has 2 rings (SSSR count). The quantitative estimate of drug-likeness (QED) is 0.499. The lowest BCUT2D eigenvalue weighted by atomic mass is 10.2. The summed E-state index contributed by atoms with van der Waals surface area (Å²) < 4.78 is 5.64. The fourth-order valence-electron chi connectivity index (χ4n) is 2.02. The first-order valence-electron chi connectivity index (χ1n) is 6.74. The van der Waals surface area contributed by atoms with E-state index in [9.17, 15) is 10.1 Å². The zero-order chi connectivity index (χ0) is 15.2. The maximum atomic E-state index is 10.7. The summed E-state index contributed by atoms with van der Waals surface area (Å²) in [6, 6.07) is 12.7. The molecule has 2 aromatic rings. The highest BCUT2D eigenvalue weighted by molar-refractivity contribution is 5.55. The Kier molecular flexibility index (Phi) is 4.77. The third kappa shape index (κ3) is 4.21. The summed E-state index contributed by atoms with van der Waals surface area (Å²) in [4.78, 5) is 10.3. The molecule has 0 saturated heterocycles. The van der Waals surface area contributed by atoms with Crippen molar-refractivity contribution in [2.24, 2.45) is 0 Å². The van der Waals surface area contributed by atoms with E-state index in [1.54, 1.807) is 12.1 Å². The summed E-state index contributed by atoms with van der Waals surface area (Å²) in [6.07, 6.45) is 0. The minimum atomic E-state index is -0.391. The number of ether oxygens (including phenoxy) is 1. The van der Waals surface area contributed by atoms with Crippen molar-refractivity contribution in [3.63, 3.8) is 0 Å². The highest BCUT2D eigenvalue weighted by Gasteiger charge is 2.07. The Morgan fingerprint density at radius 2 is 2.00 bits per heavy atom. The summed E-state index contributed by atoms with van der Waals surface area (Å²) in [7, 11) is 0. The molecule has 1 N–H and O–H groups in total. The zero-order valence-corrected chi connectivity index (χ0v) is 12.1. The molecule has 0 radical (unpaired) electrons. The molecule has 0 aliphatic rings. The maximum Gasteiger partial charge on any atom is 0.269 e. The minimum Gasteiger partial charge on any atom is -0.492 e. The lowest BCUT2D eigenvalue weighted by Crippen LogP contribution is -2.12. The van der Waals surface area contributed by atoms with Gasteiger partial charge in [-0.05, 0) is 43.2 Å².